The highest BCUT2D eigenvalue weighted by molar-refractivity contribution is 6.33. The number of carbonyl (C=O) groups is 3. The van der Waals surface area contributed by atoms with Gasteiger partial charge in [0.25, 0.3) is 5.91 Å². The molecule has 1 aliphatic heterocycles. The van der Waals surface area contributed by atoms with Crippen molar-refractivity contribution in [3.05, 3.63) is 88.5 Å². The first-order valence-corrected chi connectivity index (χ1v) is 11.4. The Kier molecular flexibility index (Phi) is 7.21. The fraction of sp³-hybridized carbons (Fsp3) is 0.231. The molecular weight excluding hydrogens is 476 g/mol. The molecule has 0 saturated carbocycles. The summed E-state index contributed by atoms with van der Waals surface area (Å²) in [6.45, 7) is -0.243. The number of likely N-dealkylation sites (tertiary alicyclic amines) is 1. The SMILES string of the molecule is NC(=O)c1cccc(CC(=O)N2C[C@H](F)C[C@H]2C(=O)Cc2cccc(-c3ccccc3Cl)c2F)n1. The van der Waals surface area contributed by atoms with E-state index in [0.717, 1.165) is 0 Å². The maximum atomic E-state index is 15.3. The molecule has 180 valence electrons. The number of Topliss-reactive ketones (excluding diaryl/α,β-unsaturated/α-hetero) is 1. The molecule has 6 nitrogen and oxygen atoms in total. The lowest BCUT2D eigenvalue weighted by atomic mass is 9.96. The van der Waals surface area contributed by atoms with Crippen molar-refractivity contribution < 1.29 is 23.2 Å². The maximum Gasteiger partial charge on any atom is 0.267 e. The number of aromatic nitrogens is 1. The zero-order valence-electron chi connectivity index (χ0n) is 18.6. The standard InChI is InChI=1S/C26H22ClF2N3O3/c27-20-9-2-1-7-18(20)19-8-3-5-15(25(19)29)11-23(33)22-12-16(28)14-32(22)24(34)13-17-6-4-10-21(31-17)26(30)35/h1-10,16,22H,11-14H2,(H2,30,35)/t16-,22+/m1/s1. The second-order valence-electron chi connectivity index (χ2n) is 8.35. The molecule has 0 unspecified atom stereocenters. The van der Waals surface area contributed by atoms with Crippen LogP contribution in [0, 0.1) is 5.82 Å². The lowest BCUT2D eigenvalue weighted by molar-refractivity contribution is -0.137. The first kappa shape index (κ1) is 24.5. The predicted molar refractivity (Wildman–Crippen MR) is 127 cm³/mol. The summed E-state index contributed by atoms with van der Waals surface area (Å²) in [4.78, 5) is 42.6. The smallest absolute Gasteiger partial charge is 0.267 e. The van der Waals surface area contributed by atoms with Crippen molar-refractivity contribution >= 4 is 29.2 Å². The first-order valence-electron chi connectivity index (χ1n) is 11.0. The van der Waals surface area contributed by atoms with Gasteiger partial charge in [-0.05, 0) is 23.8 Å². The van der Waals surface area contributed by atoms with E-state index in [0.29, 0.717) is 10.6 Å². The van der Waals surface area contributed by atoms with E-state index in [1.807, 2.05) is 0 Å². The molecular formula is C26H22ClF2N3O3. The summed E-state index contributed by atoms with van der Waals surface area (Å²) in [6, 6.07) is 14.9. The minimum absolute atomic E-state index is 0.00147. The van der Waals surface area contributed by atoms with E-state index in [2.05, 4.69) is 4.98 Å². The Balaban J connectivity index is 1.52. The highest BCUT2D eigenvalue weighted by Crippen LogP contribution is 2.32. The van der Waals surface area contributed by atoms with Crippen LogP contribution < -0.4 is 5.73 Å². The number of pyridine rings is 1. The quantitative estimate of drug-likeness (QED) is 0.535. The minimum atomic E-state index is -1.38. The van der Waals surface area contributed by atoms with Crippen LogP contribution in [-0.2, 0) is 22.4 Å². The second kappa shape index (κ2) is 10.3. The number of nitrogens with zero attached hydrogens (tertiary/aromatic N) is 2. The molecule has 4 rings (SSSR count). The highest BCUT2D eigenvalue weighted by Gasteiger charge is 2.39. The number of amides is 2. The topological polar surface area (TPSA) is 93.4 Å². The van der Waals surface area contributed by atoms with Gasteiger partial charge in [-0.3, -0.25) is 14.4 Å². The van der Waals surface area contributed by atoms with Crippen LogP contribution >= 0.6 is 11.6 Å². The van der Waals surface area contributed by atoms with E-state index >= 15 is 4.39 Å². The van der Waals surface area contributed by atoms with Gasteiger partial charge in [0.15, 0.2) is 5.78 Å². The van der Waals surface area contributed by atoms with Crippen molar-refractivity contribution in [2.45, 2.75) is 31.5 Å². The van der Waals surface area contributed by atoms with Gasteiger partial charge in [-0.2, -0.15) is 0 Å². The van der Waals surface area contributed by atoms with Gasteiger partial charge in [0.1, 0.15) is 17.7 Å². The summed E-state index contributed by atoms with van der Waals surface area (Å²) in [5.41, 5.74) is 6.39. The van der Waals surface area contributed by atoms with Gasteiger partial charge in [-0.15, -0.1) is 0 Å². The fourth-order valence-electron chi connectivity index (χ4n) is 4.25. The van der Waals surface area contributed by atoms with Gasteiger partial charge in [0.05, 0.1) is 24.7 Å². The number of rotatable bonds is 7. The normalized spacial score (nSPS) is 17.4. The summed E-state index contributed by atoms with van der Waals surface area (Å²) < 4.78 is 29.6. The molecule has 1 fully saturated rings. The average Bonchev–Trinajstić information content (AvgIpc) is 3.23. The number of hydrogen-bond donors (Lipinski definition) is 1. The van der Waals surface area contributed by atoms with Crippen LogP contribution in [-0.4, -0.2) is 46.2 Å². The molecule has 2 amide bonds. The van der Waals surface area contributed by atoms with Crippen molar-refractivity contribution in [1.82, 2.24) is 9.88 Å². The Hall–Kier alpha value is -3.65. The summed E-state index contributed by atoms with van der Waals surface area (Å²) in [5, 5.41) is 0.372. The summed E-state index contributed by atoms with van der Waals surface area (Å²) in [5.74, 6) is -2.30. The van der Waals surface area contributed by atoms with Gasteiger partial charge >= 0.3 is 0 Å². The number of alkyl halides is 1. The largest absolute Gasteiger partial charge is 0.364 e. The zero-order chi connectivity index (χ0) is 25.1. The monoisotopic (exact) mass is 497 g/mol. The van der Waals surface area contributed by atoms with Crippen LogP contribution in [0.3, 0.4) is 0 Å². The van der Waals surface area contributed by atoms with Gasteiger partial charge in [-0.25, -0.2) is 13.8 Å². The van der Waals surface area contributed by atoms with E-state index in [1.165, 1.54) is 23.1 Å². The Bertz CT molecular complexity index is 1300. The maximum absolute atomic E-state index is 15.3. The molecule has 9 heteroatoms. The Labute approximate surface area is 205 Å². The predicted octanol–water partition coefficient (Wildman–Crippen LogP) is 3.93. The van der Waals surface area contributed by atoms with Crippen molar-refractivity contribution in [2.75, 3.05) is 6.54 Å². The minimum Gasteiger partial charge on any atom is -0.364 e. The van der Waals surface area contributed by atoms with Crippen molar-refractivity contribution in [1.29, 1.82) is 0 Å². The molecule has 2 N–H and O–H groups in total. The molecule has 0 bridgehead atoms. The van der Waals surface area contributed by atoms with Crippen molar-refractivity contribution in [3.63, 3.8) is 0 Å². The second-order valence-corrected chi connectivity index (χ2v) is 8.76. The van der Waals surface area contributed by atoms with Gasteiger partial charge in [-0.1, -0.05) is 54.1 Å². The molecule has 35 heavy (non-hydrogen) atoms. The number of benzene rings is 2. The van der Waals surface area contributed by atoms with E-state index in [-0.39, 0.29) is 48.3 Å². The van der Waals surface area contributed by atoms with Crippen molar-refractivity contribution in [3.8, 4) is 11.1 Å². The molecule has 0 radical (unpaired) electrons. The van der Waals surface area contributed by atoms with Crippen LogP contribution in [0.4, 0.5) is 8.78 Å². The number of primary amides is 1. The third kappa shape index (κ3) is 5.38. The summed E-state index contributed by atoms with van der Waals surface area (Å²) >= 11 is 6.21. The molecule has 2 atom stereocenters. The van der Waals surface area contributed by atoms with Gasteiger partial charge in [0, 0.05) is 29.0 Å². The molecule has 1 aromatic heterocycles. The van der Waals surface area contributed by atoms with Gasteiger partial charge < -0.3 is 10.6 Å². The van der Waals surface area contributed by atoms with Crippen LogP contribution in [0.15, 0.2) is 60.7 Å². The molecule has 1 saturated heterocycles. The Morgan fingerprint density at radius 2 is 1.71 bits per heavy atom. The highest BCUT2D eigenvalue weighted by atomic mass is 35.5. The number of ketones is 1. The van der Waals surface area contributed by atoms with Crippen LogP contribution in [0.2, 0.25) is 5.02 Å². The lowest BCUT2D eigenvalue weighted by Crippen LogP contribution is -2.42. The van der Waals surface area contributed by atoms with Crippen LogP contribution in [0.25, 0.3) is 11.1 Å². The number of halogens is 3. The van der Waals surface area contributed by atoms with Crippen LogP contribution in [0.1, 0.15) is 28.2 Å². The van der Waals surface area contributed by atoms with E-state index in [4.69, 9.17) is 17.3 Å². The summed E-state index contributed by atoms with van der Waals surface area (Å²) in [7, 11) is 0. The molecule has 3 aromatic rings. The number of carbonyl (C=O) groups excluding carboxylic acids is 3. The Morgan fingerprint density at radius 3 is 2.46 bits per heavy atom. The average molecular weight is 498 g/mol. The third-order valence-corrected chi connectivity index (χ3v) is 6.27. The summed E-state index contributed by atoms with van der Waals surface area (Å²) in [6.07, 6.45) is -2.07. The van der Waals surface area contributed by atoms with E-state index < -0.39 is 35.6 Å². The third-order valence-electron chi connectivity index (χ3n) is 5.94. The molecule has 2 aromatic carbocycles. The zero-order valence-corrected chi connectivity index (χ0v) is 19.3. The Morgan fingerprint density at radius 1 is 1.00 bits per heavy atom. The number of hydrogen-bond acceptors (Lipinski definition) is 4. The molecule has 2 heterocycles. The first-order chi connectivity index (χ1) is 16.7. The van der Waals surface area contributed by atoms with E-state index in [9.17, 15) is 18.8 Å². The van der Waals surface area contributed by atoms with Crippen LogP contribution in [0.5, 0.6) is 0 Å². The lowest BCUT2D eigenvalue weighted by Gasteiger charge is -2.23. The fourth-order valence-corrected chi connectivity index (χ4v) is 4.48. The van der Waals surface area contributed by atoms with Gasteiger partial charge in [0.2, 0.25) is 5.91 Å². The molecule has 0 spiro atoms. The van der Waals surface area contributed by atoms with Crippen molar-refractivity contribution in [2.24, 2.45) is 5.73 Å². The molecule has 1 aliphatic rings. The molecule has 0 aliphatic carbocycles. The number of nitrogens with two attached hydrogens (primary N) is 1. The van der Waals surface area contributed by atoms with E-state index in [1.54, 1.807) is 42.5 Å².